The standard InChI is InChI=1S/C9H13N.C2H6/c1-3-4-9-7-10-6-5-8(9)2;1-2/h3-4,10H,1-2,5-7H2;1-2H3/b9-4-;. The molecule has 0 aromatic heterocycles. The Labute approximate surface area is 75.9 Å². The highest BCUT2D eigenvalue weighted by Crippen LogP contribution is 2.13. The van der Waals surface area contributed by atoms with E-state index in [9.17, 15) is 0 Å². The van der Waals surface area contributed by atoms with Crippen molar-refractivity contribution in [3.63, 3.8) is 0 Å². The number of hydrogen-bond donors (Lipinski definition) is 1. The number of piperidine rings is 1. The van der Waals surface area contributed by atoms with E-state index in [1.54, 1.807) is 0 Å². The summed E-state index contributed by atoms with van der Waals surface area (Å²) < 4.78 is 0. The Bertz CT molecular complexity index is 177. The van der Waals surface area contributed by atoms with Crippen LogP contribution in [-0.2, 0) is 0 Å². The summed E-state index contributed by atoms with van der Waals surface area (Å²) in [5.41, 5.74) is 2.54. The van der Waals surface area contributed by atoms with Crippen LogP contribution >= 0.6 is 0 Å². The molecular formula is C11H19N. The van der Waals surface area contributed by atoms with E-state index in [0.29, 0.717) is 0 Å². The molecule has 0 amide bonds. The van der Waals surface area contributed by atoms with Gasteiger partial charge in [-0.1, -0.05) is 39.2 Å². The highest BCUT2D eigenvalue weighted by molar-refractivity contribution is 5.34. The smallest absolute Gasteiger partial charge is 0.0208 e. The van der Waals surface area contributed by atoms with Crippen molar-refractivity contribution >= 4 is 0 Å². The molecular weight excluding hydrogens is 146 g/mol. The fourth-order valence-corrected chi connectivity index (χ4v) is 1.07. The quantitative estimate of drug-likeness (QED) is 0.630. The Hall–Kier alpha value is -0.820. The van der Waals surface area contributed by atoms with Crippen molar-refractivity contribution in [2.24, 2.45) is 0 Å². The topological polar surface area (TPSA) is 12.0 Å². The van der Waals surface area contributed by atoms with Crippen LogP contribution in [0.2, 0.25) is 0 Å². The summed E-state index contributed by atoms with van der Waals surface area (Å²) >= 11 is 0. The second-order valence-corrected chi connectivity index (χ2v) is 2.46. The first-order valence-corrected chi connectivity index (χ1v) is 4.55. The van der Waals surface area contributed by atoms with Crippen molar-refractivity contribution in [1.29, 1.82) is 0 Å². The number of nitrogens with one attached hydrogen (secondary N) is 1. The summed E-state index contributed by atoms with van der Waals surface area (Å²) in [6.07, 6.45) is 4.90. The predicted molar refractivity (Wildman–Crippen MR) is 56.3 cm³/mol. The zero-order valence-corrected chi connectivity index (χ0v) is 8.19. The highest BCUT2D eigenvalue weighted by Gasteiger charge is 2.06. The van der Waals surface area contributed by atoms with Crippen LogP contribution < -0.4 is 5.32 Å². The third kappa shape index (κ3) is 3.54. The minimum Gasteiger partial charge on any atom is -0.312 e. The molecule has 1 nitrogen and oxygen atoms in total. The van der Waals surface area contributed by atoms with Crippen LogP contribution in [-0.4, -0.2) is 13.1 Å². The third-order valence-corrected chi connectivity index (χ3v) is 1.69. The van der Waals surface area contributed by atoms with Crippen molar-refractivity contribution in [3.05, 3.63) is 36.5 Å². The van der Waals surface area contributed by atoms with Crippen molar-refractivity contribution < 1.29 is 0 Å². The monoisotopic (exact) mass is 165 g/mol. The molecule has 1 N–H and O–H groups in total. The molecule has 0 atom stereocenters. The molecule has 1 rings (SSSR count). The first-order valence-electron chi connectivity index (χ1n) is 4.55. The van der Waals surface area contributed by atoms with Gasteiger partial charge in [-0.05, 0) is 24.1 Å². The predicted octanol–water partition coefficient (Wildman–Crippen LogP) is 2.67. The van der Waals surface area contributed by atoms with Gasteiger partial charge in [0.25, 0.3) is 0 Å². The summed E-state index contributed by atoms with van der Waals surface area (Å²) in [4.78, 5) is 0. The molecule has 0 aromatic rings. The second-order valence-electron chi connectivity index (χ2n) is 2.46. The Balaban J connectivity index is 0.000000561. The molecule has 1 aliphatic rings. The molecule has 1 saturated heterocycles. The summed E-state index contributed by atoms with van der Waals surface area (Å²) in [6.45, 7) is 13.6. The van der Waals surface area contributed by atoms with Gasteiger partial charge in [0.05, 0.1) is 0 Å². The lowest BCUT2D eigenvalue weighted by atomic mass is 10.0. The Morgan fingerprint density at radius 3 is 2.58 bits per heavy atom. The van der Waals surface area contributed by atoms with Crippen molar-refractivity contribution in [2.45, 2.75) is 20.3 Å². The zero-order valence-electron chi connectivity index (χ0n) is 8.19. The van der Waals surface area contributed by atoms with Crippen LogP contribution in [0.4, 0.5) is 0 Å². The van der Waals surface area contributed by atoms with Crippen LogP contribution in [0.3, 0.4) is 0 Å². The molecule has 1 heterocycles. The van der Waals surface area contributed by atoms with Gasteiger partial charge in [-0.3, -0.25) is 0 Å². The summed E-state index contributed by atoms with van der Waals surface area (Å²) in [6, 6.07) is 0. The van der Waals surface area contributed by atoms with Crippen LogP contribution in [0.25, 0.3) is 0 Å². The normalized spacial score (nSPS) is 19.8. The number of allylic oxidation sites excluding steroid dienone is 2. The first kappa shape index (κ1) is 11.2. The molecule has 12 heavy (non-hydrogen) atoms. The first-order chi connectivity index (χ1) is 5.84. The molecule has 0 radical (unpaired) electrons. The number of rotatable bonds is 1. The van der Waals surface area contributed by atoms with Gasteiger partial charge in [-0.15, -0.1) is 0 Å². The van der Waals surface area contributed by atoms with Crippen LogP contribution in [0.5, 0.6) is 0 Å². The molecule has 1 heteroatoms. The average molecular weight is 165 g/mol. The van der Waals surface area contributed by atoms with Gasteiger partial charge in [0, 0.05) is 6.54 Å². The van der Waals surface area contributed by atoms with Crippen molar-refractivity contribution in [1.82, 2.24) is 5.32 Å². The van der Waals surface area contributed by atoms with E-state index in [4.69, 9.17) is 0 Å². The fraction of sp³-hybridized carbons (Fsp3) is 0.455. The van der Waals surface area contributed by atoms with Crippen LogP contribution in [0.1, 0.15) is 20.3 Å². The van der Waals surface area contributed by atoms with E-state index in [1.807, 2.05) is 26.0 Å². The molecule has 0 bridgehead atoms. The van der Waals surface area contributed by atoms with Gasteiger partial charge in [0.1, 0.15) is 0 Å². The van der Waals surface area contributed by atoms with Crippen molar-refractivity contribution in [3.8, 4) is 0 Å². The maximum Gasteiger partial charge on any atom is 0.0208 e. The zero-order chi connectivity index (χ0) is 9.40. The van der Waals surface area contributed by atoms with E-state index in [0.717, 1.165) is 19.5 Å². The lowest BCUT2D eigenvalue weighted by molar-refractivity contribution is 0.684. The summed E-state index contributed by atoms with van der Waals surface area (Å²) in [5, 5.41) is 3.27. The van der Waals surface area contributed by atoms with Gasteiger partial charge < -0.3 is 5.32 Å². The maximum absolute atomic E-state index is 3.96. The van der Waals surface area contributed by atoms with Crippen LogP contribution in [0.15, 0.2) is 36.5 Å². The van der Waals surface area contributed by atoms with E-state index >= 15 is 0 Å². The third-order valence-electron chi connectivity index (χ3n) is 1.69. The Kier molecular flexibility index (Phi) is 6.39. The molecule has 1 fully saturated rings. The second kappa shape index (κ2) is 6.86. The van der Waals surface area contributed by atoms with Gasteiger partial charge in [0.2, 0.25) is 0 Å². The van der Waals surface area contributed by atoms with Gasteiger partial charge in [0.15, 0.2) is 0 Å². The fourth-order valence-electron chi connectivity index (χ4n) is 1.07. The van der Waals surface area contributed by atoms with Crippen LogP contribution in [0, 0.1) is 0 Å². The average Bonchev–Trinajstić information content (AvgIpc) is 2.13. The SMILES string of the molecule is C=C/C=C1/CNCCC1=C.CC. The molecule has 0 unspecified atom stereocenters. The van der Waals surface area contributed by atoms with Gasteiger partial charge >= 0.3 is 0 Å². The largest absolute Gasteiger partial charge is 0.312 e. The molecule has 0 spiro atoms. The molecule has 0 aromatic carbocycles. The van der Waals surface area contributed by atoms with Gasteiger partial charge in [-0.2, -0.15) is 0 Å². The minimum absolute atomic E-state index is 0.949. The van der Waals surface area contributed by atoms with Gasteiger partial charge in [-0.25, -0.2) is 0 Å². The summed E-state index contributed by atoms with van der Waals surface area (Å²) in [5.74, 6) is 0. The molecule has 1 aliphatic heterocycles. The van der Waals surface area contributed by atoms with E-state index < -0.39 is 0 Å². The number of hydrogen-bond acceptors (Lipinski definition) is 1. The lowest BCUT2D eigenvalue weighted by Crippen LogP contribution is -2.25. The summed E-state index contributed by atoms with van der Waals surface area (Å²) in [7, 11) is 0. The molecule has 0 saturated carbocycles. The van der Waals surface area contributed by atoms with E-state index in [1.165, 1.54) is 11.1 Å². The minimum atomic E-state index is 0.949. The van der Waals surface area contributed by atoms with Crippen molar-refractivity contribution in [2.75, 3.05) is 13.1 Å². The highest BCUT2D eigenvalue weighted by atomic mass is 14.9. The Morgan fingerprint density at radius 1 is 1.42 bits per heavy atom. The Morgan fingerprint density at radius 2 is 2.08 bits per heavy atom. The van der Waals surface area contributed by atoms with E-state index in [2.05, 4.69) is 18.5 Å². The maximum atomic E-state index is 3.96. The molecule has 68 valence electrons. The molecule has 0 aliphatic carbocycles. The van der Waals surface area contributed by atoms with E-state index in [-0.39, 0.29) is 0 Å². The lowest BCUT2D eigenvalue weighted by Gasteiger charge is -2.17.